The molecule has 0 unspecified atom stereocenters. The Hall–Kier alpha value is -1.38. The van der Waals surface area contributed by atoms with Gasteiger partial charge in [-0.1, -0.05) is 42.8 Å². The van der Waals surface area contributed by atoms with Crippen molar-refractivity contribution in [1.82, 2.24) is 5.32 Å². The van der Waals surface area contributed by atoms with Gasteiger partial charge < -0.3 is 5.32 Å². The van der Waals surface area contributed by atoms with Crippen molar-refractivity contribution in [2.75, 3.05) is 6.54 Å². The fraction of sp³-hybridized carbons (Fsp3) is 0.250. The van der Waals surface area contributed by atoms with E-state index in [2.05, 4.69) is 12.2 Å². The van der Waals surface area contributed by atoms with Crippen molar-refractivity contribution in [2.24, 2.45) is 0 Å². The second-order valence-electron chi connectivity index (χ2n) is 4.50. The Morgan fingerprint density at radius 1 is 1.11 bits per heavy atom. The van der Waals surface area contributed by atoms with Crippen molar-refractivity contribution >= 4 is 11.6 Å². The average molecular weight is 278 g/mol. The van der Waals surface area contributed by atoms with Gasteiger partial charge in [-0.3, -0.25) is 0 Å². The normalized spacial score (nSPS) is 10.7. The minimum atomic E-state index is -0.196. The summed E-state index contributed by atoms with van der Waals surface area (Å²) in [4.78, 5) is 0. The molecule has 0 atom stereocenters. The highest BCUT2D eigenvalue weighted by Crippen LogP contribution is 2.25. The lowest BCUT2D eigenvalue weighted by Gasteiger charge is -2.07. The summed E-state index contributed by atoms with van der Waals surface area (Å²) in [5.41, 5.74) is 2.41. The van der Waals surface area contributed by atoms with E-state index in [0.29, 0.717) is 17.1 Å². The van der Waals surface area contributed by atoms with Gasteiger partial charge >= 0.3 is 0 Å². The Morgan fingerprint density at radius 3 is 2.47 bits per heavy atom. The smallest absolute Gasteiger partial charge is 0.131 e. The maximum atomic E-state index is 14.1. The van der Waals surface area contributed by atoms with Crippen LogP contribution < -0.4 is 5.32 Å². The summed E-state index contributed by atoms with van der Waals surface area (Å²) >= 11 is 5.83. The molecular weight excluding hydrogens is 261 g/mol. The second-order valence-corrected chi connectivity index (χ2v) is 4.93. The van der Waals surface area contributed by atoms with Crippen LogP contribution in [0.5, 0.6) is 0 Å². The fourth-order valence-electron chi connectivity index (χ4n) is 1.94. The SMILES string of the molecule is CCCNCc1ccc(-c2ccc(Cl)cc2)c(F)c1. The topological polar surface area (TPSA) is 12.0 Å². The Morgan fingerprint density at radius 2 is 1.84 bits per heavy atom. The minimum Gasteiger partial charge on any atom is -0.313 e. The van der Waals surface area contributed by atoms with E-state index < -0.39 is 0 Å². The number of rotatable bonds is 5. The van der Waals surface area contributed by atoms with E-state index in [-0.39, 0.29) is 5.82 Å². The van der Waals surface area contributed by atoms with Crippen LogP contribution in [0, 0.1) is 5.82 Å². The first-order valence-electron chi connectivity index (χ1n) is 6.46. The Labute approximate surface area is 118 Å². The molecule has 100 valence electrons. The van der Waals surface area contributed by atoms with Gasteiger partial charge in [-0.15, -0.1) is 0 Å². The molecule has 0 bridgehead atoms. The summed E-state index contributed by atoms with van der Waals surface area (Å²) in [6.45, 7) is 3.75. The summed E-state index contributed by atoms with van der Waals surface area (Å²) in [7, 11) is 0. The monoisotopic (exact) mass is 277 g/mol. The van der Waals surface area contributed by atoms with Crippen LogP contribution in [0.4, 0.5) is 4.39 Å². The fourth-order valence-corrected chi connectivity index (χ4v) is 2.07. The standard InChI is InChI=1S/C16H17ClFN/c1-2-9-19-11-12-3-8-15(16(18)10-12)13-4-6-14(17)7-5-13/h3-8,10,19H,2,9,11H2,1H3. The molecule has 0 saturated heterocycles. The van der Waals surface area contributed by atoms with E-state index in [0.717, 1.165) is 24.1 Å². The zero-order valence-electron chi connectivity index (χ0n) is 10.9. The lowest BCUT2D eigenvalue weighted by molar-refractivity contribution is 0.622. The van der Waals surface area contributed by atoms with Crippen LogP contribution in [0.3, 0.4) is 0 Å². The van der Waals surface area contributed by atoms with Crippen molar-refractivity contribution < 1.29 is 4.39 Å². The predicted octanol–water partition coefficient (Wildman–Crippen LogP) is 4.65. The quantitative estimate of drug-likeness (QED) is 0.785. The molecule has 0 amide bonds. The highest BCUT2D eigenvalue weighted by atomic mass is 35.5. The summed E-state index contributed by atoms with van der Waals surface area (Å²) in [6.07, 6.45) is 1.07. The molecule has 1 nitrogen and oxygen atoms in total. The molecule has 2 aromatic carbocycles. The van der Waals surface area contributed by atoms with Gasteiger partial charge in [-0.2, -0.15) is 0 Å². The first-order valence-corrected chi connectivity index (χ1v) is 6.83. The third kappa shape index (κ3) is 3.79. The molecular formula is C16H17ClFN. The number of hydrogen-bond donors (Lipinski definition) is 1. The molecule has 2 rings (SSSR count). The Bertz CT molecular complexity index is 537. The van der Waals surface area contributed by atoms with Crippen LogP contribution in [0.15, 0.2) is 42.5 Å². The predicted molar refractivity (Wildman–Crippen MR) is 78.8 cm³/mol. The van der Waals surface area contributed by atoms with Gasteiger partial charge in [0.2, 0.25) is 0 Å². The molecule has 0 aromatic heterocycles. The summed E-state index contributed by atoms with van der Waals surface area (Å²) in [5, 5.41) is 3.92. The highest BCUT2D eigenvalue weighted by Gasteiger charge is 2.06. The van der Waals surface area contributed by atoms with Crippen molar-refractivity contribution in [1.29, 1.82) is 0 Å². The number of benzene rings is 2. The van der Waals surface area contributed by atoms with Crippen LogP contribution in [-0.4, -0.2) is 6.54 Å². The Balaban J connectivity index is 2.17. The van der Waals surface area contributed by atoms with Gasteiger partial charge in [0.25, 0.3) is 0 Å². The van der Waals surface area contributed by atoms with Crippen LogP contribution >= 0.6 is 11.6 Å². The Kier molecular flexibility index (Phi) is 4.94. The van der Waals surface area contributed by atoms with E-state index in [1.807, 2.05) is 24.3 Å². The highest BCUT2D eigenvalue weighted by molar-refractivity contribution is 6.30. The zero-order valence-corrected chi connectivity index (χ0v) is 11.7. The van der Waals surface area contributed by atoms with Crippen LogP contribution in [-0.2, 0) is 6.54 Å². The molecule has 0 saturated carbocycles. The molecule has 2 aromatic rings. The molecule has 0 fully saturated rings. The maximum absolute atomic E-state index is 14.1. The van der Waals surface area contributed by atoms with Crippen molar-refractivity contribution in [2.45, 2.75) is 19.9 Å². The maximum Gasteiger partial charge on any atom is 0.131 e. The first-order chi connectivity index (χ1) is 9.20. The van der Waals surface area contributed by atoms with Gasteiger partial charge in [0.05, 0.1) is 0 Å². The van der Waals surface area contributed by atoms with Crippen LogP contribution in [0.1, 0.15) is 18.9 Å². The number of hydrogen-bond acceptors (Lipinski definition) is 1. The lowest BCUT2D eigenvalue weighted by Crippen LogP contribution is -2.13. The molecule has 3 heteroatoms. The zero-order chi connectivity index (χ0) is 13.7. The second kappa shape index (κ2) is 6.69. The molecule has 0 spiro atoms. The van der Waals surface area contributed by atoms with Gasteiger partial charge in [-0.05, 0) is 42.3 Å². The third-order valence-corrected chi connectivity index (χ3v) is 3.20. The lowest BCUT2D eigenvalue weighted by atomic mass is 10.0. The van der Waals surface area contributed by atoms with Crippen molar-refractivity contribution in [3.63, 3.8) is 0 Å². The van der Waals surface area contributed by atoms with E-state index in [9.17, 15) is 4.39 Å². The number of nitrogens with one attached hydrogen (secondary N) is 1. The van der Waals surface area contributed by atoms with Crippen molar-refractivity contribution in [3.05, 3.63) is 58.9 Å². The van der Waals surface area contributed by atoms with Gasteiger partial charge in [0.1, 0.15) is 5.82 Å². The number of halogens is 2. The molecule has 0 aliphatic rings. The van der Waals surface area contributed by atoms with Crippen molar-refractivity contribution in [3.8, 4) is 11.1 Å². The van der Waals surface area contributed by atoms with Gasteiger partial charge in [-0.25, -0.2) is 4.39 Å². The molecule has 0 aliphatic heterocycles. The molecule has 0 aliphatic carbocycles. The van der Waals surface area contributed by atoms with E-state index in [1.54, 1.807) is 18.2 Å². The third-order valence-electron chi connectivity index (χ3n) is 2.94. The average Bonchev–Trinajstić information content (AvgIpc) is 2.41. The molecule has 0 radical (unpaired) electrons. The largest absolute Gasteiger partial charge is 0.313 e. The summed E-state index contributed by atoms with van der Waals surface area (Å²) < 4.78 is 14.1. The van der Waals surface area contributed by atoms with Crippen LogP contribution in [0.25, 0.3) is 11.1 Å². The summed E-state index contributed by atoms with van der Waals surface area (Å²) in [5.74, 6) is -0.196. The van der Waals surface area contributed by atoms with E-state index in [1.165, 1.54) is 0 Å². The first kappa shape index (κ1) is 14.0. The molecule has 19 heavy (non-hydrogen) atoms. The minimum absolute atomic E-state index is 0.196. The van der Waals surface area contributed by atoms with Gasteiger partial charge in [0, 0.05) is 17.1 Å². The molecule has 1 N–H and O–H groups in total. The van der Waals surface area contributed by atoms with E-state index >= 15 is 0 Å². The van der Waals surface area contributed by atoms with Crippen LogP contribution in [0.2, 0.25) is 5.02 Å². The van der Waals surface area contributed by atoms with Gasteiger partial charge in [0.15, 0.2) is 0 Å². The summed E-state index contributed by atoms with van der Waals surface area (Å²) in [6, 6.07) is 12.6. The molecule has 0 heterocycles. The van der Waals surface area contributed by atoms with E-state index in [4.69, 9.17) is 11.6 Å².